The molecule has 0 aromatic rings. The maximum atomic E-state index is 5.30. The largest absolute Gasteiger partial charge is 0.396 e. The average Bonchev–Trinajstić information content (AvgIpc) is 1.89. The quantitative estimate of drug-likeness (QED) is 0.597. The third kappa shape index (κ3) is 3.36. The summed E-state index contributed by atoms with van der Waals surface area (Å²) in [5.74, 6) is 0. The molecule has 0 aromatic carbocycles. The first kappa shape index (κ1) is 11.1. The van der Waals surface area contributed by atoms with Gasteiger partial charge in [0.25, 0.3) is 0 Å². The summed E-state index contributed by atoms with van der Waals surface area (Å²) in [4.78, 5) is 0. The van der Waals surface area contributed by atoms with E-state index in [4.69, 9.17) is 8.85 Å². The lowest BCUT2D eigenvalue weighted by atomic mass is 10.1. The van der Waals surface area contributed by atoms with Crippen LogP contribution in [0.4, 0.5) is 0 Å². The first-order valence-electron chi connectivity index (χ1n) is 4.04. The van der Waals surface area contributed by atoms with E-state index in [-0.39, 0.29) is 5.04 Å². The summed E-state index contributed by atoms with van der Waals surface area (Å²) in [5.41, 5.74) is 0. The third-order valence-corrected chi connectivity index (χ3v) is 3.90. The fourth-order valence-electron chi connectivity index (χ4n) is 1.36. The molecule has 0 rings (SSSR count). The van der Waals surface area contributed by atoms with Gasteiger partial charge in [-0.05, 0) is 6.42 Å². The molecule has 0 spiro atoms. The molecule has 0 bridgehead atoms. The van der Waals surface area contributed by atoms with Crippen LogP contribution in [0.15, 0.2) is 0 Å². The standard InChI is InChI=1S/C8H19O2Si/c1-6-7-8(2,3)11(9-4)10-5/h6-7H2,1-5H3. The molecule has 0 atom stereocenters. The van der Waals surface area contributed by atoms with Crippen LogP contribution < -0.4 is 0 Å². The lowest BCUT2D eigenvalue weighted by Gasteiger charge is -2.27. The van der Waals surface area contributed by atoms with Crippen LogP contribution in [0.25, 0.3) is 0 Å². The molecule has 0 aliphatic carbocycles. The van der Waals surface area contributed by atoms with E-state index in [0.717, 1.165) is 0 Å². The van der Waals surface area contributed by atoms with Crippen molar-refractivity contribution in [3.05, 3.63) is 0 Å². The minimum Gasteiger partial charge on any atom is -0.396 e. The van der Waals surface area contributed by atoms with Crippen LogP contribution in [0.5, 0.6) is 0 Å². The first-order chi connectivity index (χ1) is 5.08. The Kier molecular flexibility index (Phi) is 4.96. The van der Waals surface area contributed by atoms with Crippen LogP contribution in [0.3, 0.4) is 0 Å². The zero-order valence-corrected chi connectivity index (χ0v) is 9.23. The summed E-state index contributed by atoms with van der Waals surface area (Å²) in [6.07, 6.45) is 2.36. The Labute approximate surface area is 71.7 Å². The molecule has 0 amide bonds. The molecular formula is C8H19O2Si. The Morgan fingerprint density at radius 2 is 1.64 bits per heavy atom. The lowest BCUT2D eigenvalue weighted by molar-refractivity contribution is 0.242. The fourth-order valence-corrected chi connectivity index (χ4v) is 3.09. The Balaban J connectivity index is 4.00. The van der Waals surface area contributed by atoms with E-state index in [2.05, 4.69) is 20.8 Å². The van der Waals surface area contributed by atoms with Crippen molar-refractivity contribution in [3.8, 4) is 0 Å². The smallest absolute Gasteiger partial charge is 0.390 e. The van der Waals surface area contributed by atoms with Gasteiger partial charge in [-0.2, -0.15) is 0 Å². The maximum absolute atomic E-state index is 5.30. The van der Waals surface area contributed by atoms with E-state index in [0.29, 0.717) is 0 Å². The average molecular weight is 175 g/mol. The molecule has 2 nitrogen and oxygen atoms in total. The van der Waals surface area contributed by atoms with Crippen molar-refractivity contribution >= 4 is 9.28 Å². The van der Waals surface area contributed by atoms with Crippen molar-refractivity contribution in [2.75, 3.05) is 14.2 Å². The number of hydrogen-bond acceptors (Lipinski definition) is 2. The summed E-state index contributed by atoms with van der Waals surface area (Å²) in [7, 11) is 2.40. The molecule has 0 saturated heterocycles. The third-order valence-electron chi connectivity index (χ3n) is 1.80. The molecule has 67 valence electrons. The second kappa shape index (κ2) is 4.90. The van der Waals surface area contributed by atoms with E-state index < -0.39 is 9.28 Å². The molecule has 0 aliphatic heterocycles. The topological polar surface area (TPSA) is 18.5 Å². The van der Waals surface area contributed by atoms with Gasteiger partial charge >= 0.3 is 9.28 Å². The van der Waals surface area contributed by atoms with Gasteiger partial charge in [-0.15, -0.1) is 0 Å². The van der Waals surface area contributed by atoms with Crippen molar-refractivity contribution in [3.63, 3.8) is 0 Å². The van der Waals surface area contributed by atoms with Crippen LogP contribution in [-0.2, 0) is 8.85 Å². The minimum absolute atomic E-state index is 0.225. The highest BCUT2D eigenvalue weighted by Gasteiger charge is 2.33. The number of hydrogen-bond donors (Lipinski definition) is 0. The molecule has 0 fully saturated rings. The molecule has 0 heterocycles. The van der Waals surface area contributed by atoms with E-state index in [1.807, 2.05) is 0 Å². The van der Waals surface area contributed by atoms with Gasteiger partial charge in [0, 0.05) is 19.3 Å². The predicted molar refractivity (Wildman–Crippen MR) is 48.7 cm³/mol. The van der Waals surface area contributed by atoms with Gasteiger partial charge in [-0.1, -0.05) is 27.2 Å². The minimum atomic E-state index is -1.06. The van der Waals surface area contributed by atoms with Gasteiger partial charge in [-0.25, -0.2) is 0 Å². The Morgan fingerprint density at radius 3 is 1.91 bits per heavy atom. The Morgan fingerprint density at radius 1 is 1.18 bits per heavy atom. The van der Waals surface area contributed by atoms with Crippen molar-refractivity contribution < 1.29 is 8.85 Å². The van der Waals surface area contributed by atoms with Crippen LogP contribution in [0, 0.1) is 0 Å². The van der Waals surface area contributed by atoms with Crippen LogP contribution in [0.2, 0.25) is 5.04 Å². The van der Waals surface area contributed by atoms with E-state index in [1.54, 1.807) is 14.2 Å². The molecule has 0 N–H and O–H groups in total. The summed E-state index contributed by atoms with van der Waals surface area (Å²) in [6.45, 7) is 6.60. The summed E-state index contributed by atoms with van der Waals surface area (Å²) in [5, 5.41) is 0.225. The van der Waals surface area contributed by atoms with Crippen molar-refractivity contribution in [1.82, 2.24) is 0 Å². The van der Waals surface area contributed by atoms with Crippen molar-refractivity contribution in [1.29, 1.82) is 0 Å². The van der Waals surface area contributed by atoms with Crippen LogP contribution in [0.1, 0.15) is 33.6 Å². The van der Waals surface area contributed by atoms with Crippen molar-refractivity contribution in [2.24, 2.45) is 0 Å². The molecular weight excluding hydrogens is 156 g/mol. The molecule has 0 unspecified atom stereocenters. The van der Waals surface area contributed by atoms with Gasteiger partial charge in [0.15, 0.2) is 0 Å². The van der Waals surface area contributed by atoms with E-state index in [9.17, 15) is 0 Å². The van der Waals surface area contributed by atoms with Gasteiger partial charge in [0.05, 0.1) is 0 Å². The molecule has 0 saturated carbocycles. The molecule has 11 heavy (non-hydrogen) atoms. The second-order valence-electron chi connectivity index (χ2n) is 3.33. The molecule has 0 aliphatic rings. The van der Waals surface area contributed by atoms with Crippen LogP contribution >= 0.6 is 0 Å². The van der Waals surface area contributed by atoms with E-state index in [1.165, 1.54) is 12.8 Å². The zero-order valence-electron chi connectivity index (χ0n) is 8.23. The number of rotatable bonds is 5. The predicted octanol–water partition coefficient (Wildman–Crippen LogP) is 2.35. The van der Waals surface area contributed by atoms with Gasteiger partial charge in [0.2, 0.25) is 0 Å². The lowest BCUT2D eigenvalue weighted by Crippen LogP contribution is -2.32. The highest BCUT2D eigenvalue weighted by atomic mass is 28.3. The van der Waals surface area contributed by atoms with Gasteiger partial charge in [0.1, 0.15) is 0 Å². The van der Waals surface area contributed by atoms with Gasteiger partial charge < -0.3 is 8.85 Å². The zero-order chi connectivity index (χ0) is 8.91. The first-order valence-corrected chi connectivity index (χ1v) is 5.35. The summed E-state index contributed by atoms with van der Waals surface area (Å²) >= 11 is 0. The van der Waals surface area contributed by atoms with Gasteiger partial charge in [-0.3, -0.25) is 0 Å². The summed E-state index contributed by atoms with van der Waals surface area (Å²) in [6, 6.07) is 0. The Hall–Kier alpha value is 0.137. The molecule has 3 heteroatoms. The van der Waals surface area contributed by atoms with Crippen molar-refractivity contribution in [2.45, 2.75) is 38.7 Å². The molecule has 0 aromatic heterocycles. The highest BCUT2D eigenvalue weighted by molar-refractivity contribution is 6.48. The summed E-state index contributed by atoms with van der Waals surface area (Å²) < 4.78 is 10.6. The normalized spacial score (nSPS) is 12.5. The SMILES string of the molecule is CCCC(C)(C)[Si](OC)OC. The molecule has 1 radical (unpaired) electrons. The fraction of sp³-hybridized carbons (Fsp3) is 1.00. The maximum Gasteiger partial charge on any atom is 0.390 e. The highest BCUT2D eigenvalue weighted by Crippen LogP contribution is 2.34. The Bertz CT molecular complexity index is 100. The van der Waals surface area contributed by atoms with E-state index >= 15 is 0 Å². The van der Waals surface area contributed by atoms with Crippen LogP contribution in [-0.4, -0.2) is 23.5 Å². The monoisotopic (exact) mass is 175 g/mol. The second-order valence-corrected chi connectivity index (χ2v) is 6.07.